The third-order valence-electron chi connectivity index (χ3n) is 7.61. The van der Waals surface area contributed by atoms with E-state index in [0.29, 0.717) is 23.3 Å². The molecule has 3 aliphatic carbocycles. The predicted molar refractivity (Wildman–Crippen MR) is 106 cm³/mol. The Bertz CT molecular complexity index is 783. The van der Waals surface area contributed by atoms with Crippen molar-refractivity contribution >= 4 is 11.9 Å². The van der Waals surface area contributed by atoms with Gasteiger partial charge in [-0.15, -0.1) is 0 Å². The Morgan fingerprint density at radius 3 is 2.54 bits per heavy atom. The zero-order valence-corrected chi connectivity index (χ0v) is 17.0. The highest BCUT2D eigenvalue weighted by atomic mass is 16.5. The van der Waals surface area contributed by atoms with Gasteiger partial charge in [0.1, 0.15) is 11.9 Å². The zero-order valence-electron chi connectivity index (χ0n) is 17.0. The maximum Gasteiger partial charge on any atom is 0.338 e. The number of hydrogen-bond acceptors (Lipinski definition) is 4. The van der Waals surface area contributed by atoms with E-state index >= 15 is 0 Å². The van der Waals surface area contributed by atoms with Crippen molar-refractivity contribution in [1.29, 1.82) is 0 Å². The molecule has 150 valence electrons. The number of rotatable bonds is 3. The molecule has 0 N–H and O–H groups in total. The summed E-state index contributed by atoms with van der Waals surface area (Å²) in [4.78, 5) is 24.0. The van der Waals surface area contributed by atoms with Gasteiger partial charge in [0.05, 0.1) is 5.56 Å². The summed E-state index contributed by atoms with van der Waals surface area (Å²) in [6, 6.07) is 9.29. The van der Waals surface area contributed by atoms with Gasteiger partial charge in [-0.05, 0) is 68.1 Å². The average molecular weight is 383 g/mol. The van der Waals surface area contributed by atoms with Crippen LogP contribution in [0.3, 0.4) is 0 Å². The Morgan fingerprint density at radius 1 is 1.07 bits per heavy atom. The largest absolute Gasteiger partial charge is 0.458 e. The molecule has 0 amide bonds. The molecule has 0 saturated heterocycles. The molecule has 3 aliphatic rings. The van der Waals surface area contributed by atoms with Crippen molar-refractivity contribution in [3.63, 3.8) is 0 Å². The van der Waals surface area contributed by atoms with E-state index in [1.807, 2.05) is 30.3 Å². The normalized spacial score (nSPS) is 36.7. The highest BCUT2D eigenvalue weighted by Gasteiger charge is 2.56. The summed E-state index contributed by atoms with van der Waals surface area (Å²) in [6.45, 7) is 5.98. The minimum atomic E-state index is -0.231. The zero-order chi connectivity index (χ0) is 19.9. The first-order chi connectivity index (χ1) is 13.4. The number of fused-ring (bicyclic) bond motifs is 3. The Labute approximate surface area is 167 Å². The number of esters is 2. The van der Waals surface area contributed by atoms with Crippen LogP contribution >= 0.6 is 0 Å². The Balaban J connectivity index is 1.50. The molecule has 6 unspecified atom stereocenters. The van der Waals surface area contributed by atoms with Gasteiger partial charge in [-0.1, -0.05) is 32.0 Å². The van der Waals surface area contributed by atoms with Crippen LogP contribution in [0.2, 0.25) is 0 Å². The van der Waals surface area contributed by atoms with Gasteiger partial charge in [-0.3, -0.25) is 4.79 Å². The molecule has 0 heterocycles. The monoisotopic (exact) mass is 382 g/mol. The van der Waals surface area contributed by atoms with Crippen molar-refractivity contribution in [2.45, 2.75) is 59.0 Å². The van der Waals surface area contributed by atoms with E-state index in [1.54, 1.807) is 0 Å². The van der Waals surface area contributed by atoms with E-state index in [-0.39, 0.29) is 29.4 Å². The fourth-order valence-corrected chi connectivity index (χ4v) is 6.14. The number of ether oxygens (including phenoxy) is 2. The van der Waals surface area contributed by atoms with Gasteiger partial charge in [0, 0.05) is 18.3 Å². The van der Waals surface area contributed by atoms with Crippen LogP contribution < -0.4 is 0 Å². The van der Waals surface area contributed by atoms with Gasteiger partial charge >= 0.3 is 11.9 Å². The molecular weight excluding hydrogens is 352 g/mol. The highest BCUT2D eigenvalue weighted by molar-refractivity contribution is 5.89. The number of allylic oxidation sites excluding steroid dienone is 2. The van der Waals surface area contributed by atoms with E-state index < -0.39 is 0 Å². The molecule has 0 bridgehead atoms. The fourth-order valence-electron chi connectivity index (χ4n) is 6.14. The lowest BCUT2D eigenvalue weighted by atomic mass is 9.55. The van der Waals surface area contributed by atoms with Crippen LogP contribution in [-0.2, 0) is 14.3 Å². The van der Waals surface area contributed by atoms with E-state index in [9.17, 15) is 9.59 Å². The summed E-state index contributed by atoms with van der Waals surface area (Å²) in [6.07, 6.45) is 7.27. The minimum absolute atomic E-state index is 0.0136. The van der Waals surface area contributed by atoms with Crippen molar-refractivity contribution in [2.75, 3.05) is 0 Å². The molecule has 0 aromatic heterocycles. The SMILES string of the molecule is CC(=O)OC1=CCC2C(CCC3(C)C(OC(=O)c4ccccc4)CCC23)C1C. The third-order valence-corrected chi connectivity index (χ3v) is 7.61. The van der Waals surface area contributed by atoms with Gasteiger partial charge in [-0.25, -0.2) is 4.79 Å². The van der Waals surface area contributed by atoms with E-state index in [1.165, 1.54) is 6.92 Å². The topological polar surface area (TPSA) is 52.6 Å². The molecule has 2 fully saturated rings. The molecule has 0 spiro atoms. The number of benzene rings is 1. The molecule has 0 radical (unpaired) electrons. The second-order valence-electron chi connectivity index (χ2n) is 9.04. The standard InChI is InChI=1S/C24H30O4/c1-15-18-13-14-24(3)20(19(18)9-11-21(15)27-16(2)25)10-12-22(24)28-23(26)17-7-5-4-6-8-17/h4-8,11,15,18-20,22H,9-10,12-14H2,1-3H3. The number of carbonyl (C=O) groups excluding carboxylic acids is 2. The van der Waals surface area contributed by atoms with Crippen LogP contribution in [0.15, 0.2) is 42.2 Å². The van der Waals surface area contributed by atoms with Gasteiger partial charge in [0.25, 0.3) is 0 Å². The maximum absolute atomic E-state index is 12.6. The maximum atomic E-state index is 12.6. The van der Waals surface area contributed by atoms with Crippen LogP contribution in [0.5, 0.6) is 0 Å². The van der Waals surface area contributed by atoms with Crippen molar-refractivity contribution in [2.24, 2.45) is 29.1 Å². The quantitative estimate of drug-likeness (QED) is 0.679. The number of carbonyl (C=O) groups is 2. The molecule has 6 atom stereocenters. The lowest BCUT2D eigenvalue weighted by Crippen LogP contribution is -2.47. The fraction of sp³-hybridized carbons (Fsp3) is 0.583. The lowest BCUT2D eigenvalue weighted by molar-refractivity contribution is -0.139. The van der Waals surface area contributed by atoms with Crippen molar-refractivity contribution in [1.82, 2.24) is 0 Å². The first-order valence-electron chi connectivity index (χ1n) is 10.5. The molecule has 4 heteroatoms. The molecule has 4 nitrogen and oxygen atoms in total. The molecule has 0 aliphatic heterocycles. The van der Waals surface area contributed by atoms with E-state index in [0.717, 1.165) is 37.9 Å². The summed E-state index contributed by atoms with van der Waals surface area (Å²) in [5.41, 5.74) is 0.668. The number of hydrogen-bond donors (Lipinski definition) is 0. The lowest BCUT2D eigenvalue weighted by Gasteiger charge is -2.51. The first kappa shape index (κ1) is 19.2. The molecule has 4 rings (SSSR count). The Morgan fingerprint density at radius 2 is 1.82 bits per heavy atom. The molecular formula is C24H30O4. The molecule has 1 aromatic rings. The molecule has 2 saturated carbocycles. The van der Waals surface area contributed by atoms with Crippen LogP contribution in [0.1, 0.15) is 63.2 Å². The Kier molecular flexibility index (Phi) is 5.07. The van der Waals surface area contributed by atoms with Gasteiger partial charge in [0.2, 0.25) is 0 Å². The van der Waals surface area contributed by atoms with E-state index in [4.69, 9.17) is 9.47 Å². The van der Waals surface area contributed by atoms with Crippen LogP contribution in [0.25, 0.3) is 0 Å². The van der Waals surface area contributed by atoms with Crippen molar-refractivity contribution in [3.05, 3.63) is 47.7 Å². The third kappa shape index (κ3) is 3.27. The van der Waals surface area contributed by atoms with Crippen LogP contribution in [0, 0.1) is 29.1 Å². The summed E-state index contributed by atoms with van der Waals surface area (Å²) < 4.78 is 11.5. The second-order valence-corrected chi connectivity index (χ2v) is 9.04. The predicted octanol–water partition coefficient (Wildman–Crippen LogP) is 5.14. The van der Waals surface area contributed by atoms with Crippen LogP contribution in [0.4, 0.5) is 0 Å². The molecule has 1 aromatic carbocycles. The first-order valence-corrected chi connectivity index (χ1v) is 10.5. The van der Waals surface area contributed by atoms with Crippen molar-refractivity contribution < 1.29 is 19.1 Å². The summed E-state index contributed by atoms with van der Waals surface area (Å²) in [5.74, 6) is 2.36. The summed E-state index contributed by atoms with van der Waals surface area (Å²) in [7, 11) is 0. The highest BCUT2D eigenvalue weighted by Crippen LogP contribution is 2.60. The Hall–Kier alpha value is -2.10. The minimum Gasteiger partial charge on any atom is -0.458 e. The smallest absolute Gasteiger partial charge is 0.338 e. The van der Waals surface area contributed by atoms with Gasteiger partial charge in [-0.2, -0.15) is 0 Å². The van der Waals surface area contributed by atoms with Crippen molar-refractivity contribution in [3.8, 4) is 0 Å². The second kappa shape index (κ2) is 7.38. The van der Waals surface area contributed by atoms with E-state index in [2.05, 4.69) is 19.9 Å². The van der Waals surface area contributed by atoms with Gasteiger partial charge < -0.3 is 9.47 Å². The summed E-state index contributed by atoms with van der Waals surface area (Å²) >= 11 is 0. The van der Waals surface area contributed by atoms with Crippen LogP contribution in [-0.4, -0.2) is 18.0 Å². The summed E-state index contributed by atoms with van der Waals surface area (Å²) in [5, 5.41) is 0. The molecule has 28 heavy (non-hydrogen) atoms. The average Bonchev–Trinajstić information content (AvgIpc) is 3.01. The van der Waals surface area contributed by atoms with Gasteiger partial charge in [0.15, 0.2) is 0 Å².